The first-order valence-corrected chi connectivity index (χ1v) is 10.6. The third kappa shape index (κ3) is 4.22. The van der Waals surface area contributed by atoms with Gasteiger partial charge in [0.25, 0.3) is 0 Å². The van der Waals surface area contributed by atoms with Gasteiger partial charge in [-0.05, 0) is 38.0 Å². The van der Waals surface area contributed by atoms with E-state index in [1.165, 1.54) is 21.6 Å². The summed E-state index contributed by atoms with van der Waals surface area (Å²) in [6.07, 6.45) is 0. The van der Waals surface area contributed by atoms with Crippen molar-refractivity contribution in [3.8, 4) is 0 Å². The van der Waals surface area contributed by atoms with Gasteiger partial charge in [0, 0.05) is 22.2 Å². The highest BCUT2D eigenvalue weighted by Crippen LogP contribution is 2.18. The lowest BCUT2D eigenvalue weighted by atomic mass is 10.0. The average Bonchev–Trinajstić information content (AvgIpc) is 2.75. The zero-order valence-electron chi connectivity index (χ0n) is 18.0. The van der Waals surface area contributed by atoms with E-state index < -0.39 is 0 Å². The highest BCUT2D eigenvalue weighted by Gasteiger charge is 2.18. The summed E-state index contributed by atoms with van der Waals surface area (Å²) in [6.45, 7) is 8.63. The maximum absolute atomic E-state index is 13.4. The Balaban J connectivity index is 1.72. The van der Waals surface area contributed by atoms with Crippen molar-refractivity contribution < 1.29 is 4.90 Å². The Kier molecular flexibility index (Phi) is 5.82. The fraction of sp³-hybridized carbons (Fsp3) is 0.222. The molecular weight excluding hydrogens is 368 g/mol. The number of benzene rings is 3. The molecule has 0 saturated carbocycles. The number of aryl methyl sites for hydroxylation is 3. The van der Waals surface area contributed by atoms with Gasteiger partial charge < -0.3 is 9.88 Å². The van der Waals surface area contributed by atoms with Gasteiger partial charge in [-0.1, -0.05) is 66.7 Å². The summed E-state index contributed by atoms with van der Waals surface area (Å²) in [5.74, 6) is 0. The van der Waals surface area contributed by atoms with Crippen LogP contribution in [-0.2, 0) is 19.6 Å². The van der Waals surface area contributed by atoms with Crippen LogP contribution < -0.4 is 10.3 Å². The highest BCUT2D eigenvalue weighted by atomic mass is 16.1. The number of pyridine rings is 1. The van der Waals surface area contributed by atoms with Crippen molar-refractivity contribution in [1.29, 1.82) is 0 Å². The lowest BCUT2D eigenvalue weighted by molar-refractivity contribution is -0.941. The fourth-order valence-corrected chi connectivity index (χ4v) is 4.18. The standard InChI is InChI=1S/C27H28N2O/c1-19-14-15-24-26(20(19)2)28-21(3)25(27(24)30)18-29(16-22-10-6-4-7-11-22)17-23-12-8-5-9-13-23/h4-15H,16-18H2,1-3H3,(H,28,30)/p+1. The molecule has 3 aromatic carbocycles. The largest absolute Gasteiger partial charge is 0.358 e. The smallest absolute Gasteiger partial charge is 0.198 e. The molecule has 1 aromatic heterocycles. The number of aromatic amines is 1. The van der Waals surface area contributed by atoms with Crippen LogP contribution in [0.3, 0.4) is 0 Å². The van der Waals surface area contributed by atoms with Crippen molar-refractivity contribution >= 4 is 10.9 Å². The molecule has 0 atom stereocenters. The number of rotatable bonds is 6. The summed E-state index contributed by atoms with van der Waals surface area (Å²) < 4.78 is 0. The molecule has 0 radical (unpaired) electrons. The molecule has 0 fully saturated rings. The highest BCUT2D eigenvalue weighted by molar-refractivity contribution is 5.83. The molecule has 0 aliphatic carbocycles. The summed E-state index contributed by atoms with van der Waals surface area (Å²) in [4.78, 5) is 18.3. The van der Waals surface area contributed by atoms with E-state index in [4.69, 9.17) is 0 Å². The molecule has 3 heteroatoms. The zero-order chi connectivity index (χ0) is 21.1. The molecule has 0 aliphatic heterocycles. The minimum absolute atomic E-state index is 0.156. The van der Waals surface area contributed by atoms with Crippen LogP contribution in [0.25, 0.3) is 10.9 Å². The van der Waals surface area contributed by atoms with Gasteiger partial charge in [0.1, 0.15) is 19.6 Å². The Morgan fingerprint density at radius 3 is 1.87 bits per heavy atom. The molecule has 4 aromatic rings. The van der Waals surface area contributed by atoms with Crippen molar-refractivity contribution in [2.24, 2.45) is 0 Å². The maximum Gasteiger partial charge on any atom is 0.198 e. The van der Waals surface area contributed by atoms with Gasteiger partial charge in [-0.2, -0.15) is 0 Å². The fourth-order valence-electron chi connectivity index (χ4n) is 4.18. The quantitative estimate of drug-likeness (QED) is 0.502. The van der Waals surface area contributed by atoms with Crippen LogP contribution in [0.15, 0.2) is 77.6 Å². The molecule has 0 aliphatic rings. The normalized spacial score (nSPS) is 11.3. The van der Waals surface area contributed by atoms with E-state index in [1.807, 2.05) is 31.2 Å². The molecule has 2 N–H and O–H groups in total. The van der Waals surface area contributed by atoms with E-state index in [-0.39, 0.29) is 5.43 Å². The summed E-state index contributed by atoms with van der Waals surface area (Å²) in [5.41, 5.74) is 7.89. The Hall–Kier alpha value is -3.17. The number of fused-ring (bicyclic) bond motifs is 1. The SMILES string of the molecule is Cc1ccc2c(=O)c(C[NH+](Cc3ccccc3)Cc3ccccc3)c(C)[nH]c2c1C. The number of hydrogen-bond acceptors (Lipinski definition) is 1. The molecule has 0 saturated heterocycles. The van der Waals surface area contributed by atoms with E-state index in [9.17, 15) is 4.79 Å². The second-order valence-electron chi connectivity index (χ2n) is 8.24. The van der Waals surface area contributed by atoms with E-state index in [0.29, 0.717) is 6.54 Å². The van der Waals surface area contributed by atoms with Crippen LogP contribution in [0.1, 0.15) is 33.5 Å². The summed E-state index contributed by atoms with van der Waals surface area (Å²) in [6, 6.07) is 25.1. The number of H-pyrrole nitrogens is 1. The number of aromatic nitrogens is 1. The molecule has 0 bridgehead atoms. The third-order valence-electron chi connectivity index (χ3n) is 6.04. The number of nitrogens with one attached hydrogen (secondary N) is 2. The number of quaternary nitrogens is 1. The predicted octanol–water partition coefficient (Wildman–Crippen LogP) is 4.24. The van der Waals surface area contributed by atoms with Crippen molar-refractivity contribution in [1.82, 2.24) is 4.98 Å². The second-order valence-corrected chi connectivity index (χ2v) is 8.24. The average molecular weight is 398 g/mol. The molecule has 30 heavy (non-hydrogen) atoms. The first-order valence-electron chi connectivity index (χ1n) is 10.6. The summed E-state index contributed by atoms with van der Waals surface area (Å²) >= 11 is 0. The molecule has 3 nitrogen and oxygen atoms in total. The Morgan fingerprint density at radius 1 is 0.733 bits per heavy atom. The summed E-state index contributed by atoms with van der Waals surface area (Å²) in [5, 5.41) is 0.789. The second kappa shape index (κ2) is 8.68. The Morgan fingerprint density at radius 2 is 1.30 bits per heavy atom. The molecule has 0 amide bonds. The minimum Gasteiger partial charge on any atom is -0.358 e. The van der Waals surface area contributed by atoms with E-state index in [1.54, 1.807) is 0 Å². The van der Waals surface area contributed by atoms with Crippen LogP contribution in [0.4, 0.5) is 0 Å². The lowest BCUT2D eigenvalue weighted by Crippen LogP contribution is -3.08. The zero-order valence-corrected chi connectivity index (χ0v) is 18.0. The Bertz CT molecular complexity index is 1170. The van der Waals surface area contributed by atoms with E-state index in [0.717, 1.165) is 40.8 Å². The van der Waals surface area contributed by atoms with Crippen molar-refractivity contribution in [2.45, 2.75) is 40.4 Å². The molecule has 0 unspecified atom stereocenters. The first kappa shape index (κ1) is 20.1. The van der Waals surface area contributed by atoms with Crippen LogP contribution in [0.5, 0.6) is 0 Å². The third-order valence-corrected chi connectivity index (χ3v) is 6.04. The first-order chi connectivity index (χ1) is 14.5. The van der Waals surface area contributed by atoms with E-state index >= 15 is 0 Å². The van der Waals surface area contributed by atoms with Gasteiger partial charge in [-0.15, -0.1) is 0 Å². The van der Waals surface area contributed by atoms with Crippen LogP contribution in [0.2, 0.25) is 0 Å². The van der Waals surface area contributed by atoms with Crippen molar-refractivity contribution in [2.75, 3.05) is 0 Å². The van der Waals surface area contributed by atoms with E-state index in [2.05, 4.69) is 67.4 Å². The summed E-state index contributed by atoms with van der Waals surface area (Å²) in [7, 11) is 0. The van der Waals surface area contributed by atoms with Gasteiger partial charge in [0.2, 0.25) is 0 Å². The molecule has 4 rings (SSSR count). The van der Waals surface area contributed by atoms with Gasteiger partial charge in [-0.25, -0.2) is 0 Å². The lowest BCUT2D eigenvalue weighted by Gasteiger charge is -2.21. The van der Waals surface area contributed by atoms with Gasteiger partial charge >= 0.3 is 0 Å². The van der Waals surface area contributed by atoms with Crippen LogP contribution >= 0.6 is 0 Å². The van der Waals surface area contributed by atoms with Crippen LogP contribution in [0, 0.1) is 20.8 Å². The van der Waals surface area contributed by atoms with Gasteiger partial charge in [0.15, 0.2) is 5.43 Å². The topological polar surface area (TPSA) is 37.3 Å². The monoisotopic (exact) mass is 397 g/mol. The molecule has 0 spiro atoms. The molecular formula is C27H29N2O+. The molecule has 1 heterocycles. The molecule has 152 valence electrons. The maximum atomic E-state index is 13.4. The minimum atomic E-state index is 0.156. The van der Waals surface area contributed by atoms with Crippen molar-refractivity contribution in [3.63, 3.8) is 0 Å². The number of hydrogen-bond donors (Lipinski definition) is 2. The van der Waals surface area contributed by atoms with Gasteiger partial charge in [-0.3, -0.25) is 4.79 Å². The van der Waals surface area contributed by atoms with Gasteiger partial charge in [0.05, 0.1) is 11.1 Å². The van der Waals surface area contributed by atoms with Crippen LogP contribution in [-0.4, -0.2) is 4.98 Å². The predicted molar refractivity (Wildman–Crippen MR) is 124 cm³/mol. The Labute approximate surface area is 178 Å². The van der Waals surface area contributed by atoms with Crippen molar-refractivity contribution in [3.05, 3.63) is 117 Å².